The Balaban J connectivity index is 2.54. The molecule has 0 amide bonds. The molecule has 0 aromatic carbocycles. The summed E-state index contributed by atoms with van der Waals surface area (Å²) in [6.45, 7) is 9.10. The fourth-order valence-corrected chi connectivity index (χ4v) is 4.36. The third-order valence-electron chi connectivity index (χ3n) is 6.41. The predicted octanol–water partition coefficient (Wildman–Crippen LogP) is 3.12. The van der Waals surface area contributed by atoms with Crippen molar-refractivity contribution in [3.63, 3.8) is 0 Å². The average molecular weight is 395 g/mol. The molecule has 27 heavy (non-hydrogen) atoms. The maximum Gasteiger partial charge on any atom is 0.294 e. The smallest absolute Gasteiger partial charge is 0.294 e. The first-order valence-corrected chi connectivity index (χ1v) is 12.1. The zero-order chi connectivity index (χ0) is 20.6. The highest BCUT2D eigenvalue weighted by atomic mass is 28.4. The highest BCUT2D eigenvalue weighted by Crippen LogP contribution is 2.50. The lowest BCUT2D eigenvalue weighted by Gasteiger charge is -2.47. The molecule has 7 nitrogen and oxygen atoms in total. The summed E-state index contributed by atoms with van der Waals surface area (Å²) in [4.78, 5) is 25.4. The van der Waals surface area contributed by atoms with Crippen molar-refractivity contribution in [2.45, 2.75) is 57.3 Å². The number of nitro groups is 1. The third-order valence-corrected chi connectivity index (χ3v) is 9.92. The second-order valence-electron chi connectivity index (χ2n) is 8.85. The van der Waals surface area contributed by atoms with Gasteiger partial charge in [0.05, 0.1) is 22.7 Å². The van der Waals surface area contributed by atoms with E-state index in [0.717, 1.165) is 5.57 Å². The maximum atomic E-state index is 11.4. The van der Waals surface area contributed by atoms with E-state index in [9.17, 15) is 25.1 Å². The summed E-state index contributed by atoms with van der Waals surface area (Å²) in [5, 5.41) is 32.1. The molecule has 0 unspecified atom stereocenters. The molecule has 0 saturated heterocycles. The first-order valence-electron chi connectivity index (χ1n) is 9.18. The van der Waals surface area contributed by atoms with Gasteiger partial charge in [-0.25, -0.2) is 0 Å². The van der Waals surface area contributed by atoms with Crippen molar-refractivity contribution in [1.82, 2.24) is 4.98 Å². The Morgan fingerprint density at radius 2 is 2.07 bits per heavy atom. The quantitative estimate of drug-likeness (QED) is 0.388. The molecule has 1 aliphatic carbocycles. The first-order chi connectivity index (χ1) is 12.3. The third kappa shape index (κ3) is 4.13. The lowest BCUT2D eigenvalue weighted by Crippen LogP contribution is -2.51. The number of allylic oxidation sites excluding steroid dienone is 1. The molecule has 0 aliphatic heterocycles. The largest absolute Gasteiger partial charge is 0.432 e. The van der Waals surface area contributed by atoms with Crippen molar-refractivity contribution >= 4 is 19.6 Å². The summed E-state index contributed by atoms with van der Waals surface area (Å²) in [7, 11) is -2.54. The topological polar surface area (TPSA) is 117 Å². The second-order valence-corrected chi connectivity index (χ2v) is 13.3. The number of hydrogen-bond donors (Lipinski definition) is 3. The van der Waals surface area contributed by atoms with Crippen LogP contribution >= 0.6 is 0 Å². The van der Waals surface area contributed by atoms with E-state index in [1.807, 2.05) is 39.9 Å². The maximum absolute atomic E-state index is 11.4. The molecule has 1 aromatic rings. The number of aromatic nitrogens is 1. The minimum absolute atomic E-state index is 0.0692. The lowest BCUT2D eigenvalue weighted by molar-refractivity contribution is -0.385. The van der Waals surface area contributed by atoms with Crippen LogP contribution in [0.3, 0.4) is 0 Å². The van der Waals surface area contributed by atoms with Crippen molar-refractivity contribution in [3.8, 4) is 0 Å². The van der Waals surface area contributed by atoms with Gasteiger partial charge in [-0.3, -0.25) is 15.1 Å². The molecule has 0 fully saturated rings. The Kier molecular flexibility index (Phi) is 5.96. The van der Waals surface area contributed by atoms with Gasteiger partial charge >= 0.3 is 0 Å². The van der Waals surface area contributed by atoms with Crippen molar-refractivity contribution in [2.75, 3.05) is 6.61 Å². The Hall–Kier alpha value is -1.61. The van der Waals surface area contributed by atoms with Gasteiger partial charge in [-0.15, -0.1) is 0 Å². The molecule has 8 heteroatoms. The molecule has 3 N–H and O–H groups in total. The number of rotatable bonds is 6. The zero-order valence-electron chi connectivity index (χ0n) is 16.6. The van der Waals surface area contributed by atoms with Gasteiger partial charge in [0, 0.05) is 12.1 Å². The molecule has 0 spiro atoms. The zero-order valence-corrected chi connectivity index (χ0v) is 17.6. The molecule has 2 rings (SSSR count). The van der Waals surface area contributed by atoms with E-state index in [4.69, 9.17) is 0 Å². The molecule has 150 valence electrons. The van der Waals surface area contributed by atoms with Gasteiger partial charge in [0.2, 0.25) is 0 Å². The SMILES string of the molecule is C[C@H]1CC(c2ccncc2[N+](=O)[O-])=C[C@@H](CC(C)(C)[Si](C)(C)O)[C@@]1(O)CO. The minimum Gasteiger partial charge on any atom is -0.432 e. The number of nitrogens with zero attached hydrogens (tertiary/aromatic N) is 2. The summed E-state index contributed by atoms with van der Waals surface area (Å²) in [5.41, 5.74) is -0.138. The number of aliphatic hydroxyl groups excluding tert-OH is 1. The van der Waals surface area contributed by atoms with Crippen LogP contribution in [0.5, 0.6) is 0 Å². The van der Waals surface area contributed by atoms with E-state index in [2.05, 4.69) is 4.98 Å². The fraction of sp³-hybridized carbons (Fsp3) is 0.632. The van der Waals surface area contributed by atoms with Crippen LogP contribution < -0.4 is 0 Å². The molecular formula is C19H30N2O5Si. The van der Waals surface area contributed by atoms with Crippen LogP contribution in [0.2, 0.25) is 18.1 Å². The Morgan fingerprint density at radius 3 is 2.59 bits per heavy atom. The average Bonchev–Trinajstić information content (AvgIpc) is 2.57. The summed E-state index contributed by atoms with van der Waals surface area (Å²) in [6.07, 6.45) is 5.49. The number of hydrogen-bond acceptors (Lipinski definition) is 6. The van der Waals surface area contributed by atoms with Crippen molar-refractivity contribution in [1.29, 1.82) is 0 Å². The van der Waals surface area contributed by atoms with Crippen LogP contribution in [-0.4, -0.2) is 45.4 Å². The highest BCUT2D eigenvalue weighted by molar-refractivity contribution is 6.72. The molecule has 1 aliphatic rings. The van der Waals surface area contributed by atoms with Gasteiger partial charge < -0.3 is 15.0 Å². The highest BCUT2D eigenvalue weighted by Gasteiger charge is 2.49. The number of pyridine rings is 1. The predicted molar refractivity (Wildman–Crippen MR) is 107 cm³/mol. The van der Waals surface area contributed by atoms with Crippen LogP contribution in [0, 0.1) is 22.0 Å². The van der Waals surface area contributed by atoms with Crippen LogP contribution in [0.1, 0.15) is 39.2 Å². The van der Waals surface area contributed by atoms with Crippen LogP contribution in [0.15, 0.2) is 24.5 Å². The summed E-state index contributed by atoms with van der Waals surface area (Å²) in [5.74, 6) is -0.720. The van der Waals surface area contributed by atoms with Gasteiger partial charge in [0.15, 0.2) is 8.32 Å². The van der Waals surface area contributed by atoms with E-state index in [-0.39, 0.29) is 11.6 Å². The van der Waals surface area contributed by atoms with Gasteiger partial charge in [-0.1, -0.05) is 26.8 Å². The molecule has 0 radical (unpaired) electrons. The molecule has 3 atom stereocenters. The summed E-state index contributed by atoms with van der Waals surface area (Å²) in [6, 6.07) is 1.62. The van der Waals surface area contributed by atoms with Gasteiger partial charge in [0.1, 0.15) is 6.20 Å². The Morgan fingerprint density at radius 1 is 1.44 bits per heavy atom. The summed E-state index contributed by atoms with van der Waals surface area (Å²) < 4.78 is 0. The van der Waals surface area contributed by atoms with Crippen LogP contribution in [0.25, 0.3) is 5.57 Å². The van der Waals surface area contributed by atoms with Crippen LogP contribution in [0.4, 0.5) is 5.69 Å². The Labute approximate surface area is 161 Å². The van der Waals surface area contributed by atoms with E-state index in [0.29, 0.717) is 18.4 Å². The van der Waals surface area contributed by atoms with Crippen LogP contribution in [-0.2, 0) is 0 Å². The van der Waals surface area contributed by atoms with Gasteiger partial charge in [-0.2, -0.15) is 0 Å². The number of aliphatic hydroxyl groups is 2. The summed E-state index contributed by atoms with van der Waals surface area (Å²) >= 11 is 0. The molecule has 1 aromatic heterocycles. The van der Waals surface area contributed by atoms with Crippen molar-refractivity contribution < 1.29 is 19.9 Å². The van der Waals surface area contributed by atoms with Gasteiger partial charge in [0.25, 0.3) is 5.69 Å². The molecule has 0 saturated carbocycles. The Bertz CT molecular complexity index is 744. The molecule has 0 bridgehead atoms. The van der Waals surface area contributed by atoms with Crippen molar-refractivity contribution in [2.24, 2.45) is 11.8 Å². The normalized spacial score (nSPS) is 26.6. The second kappa shape index (κ2) is 7.42. The van der Waals surface area contributed by atoms with Crippen molar-refractivity contribution in [3.05, 3.63) is 40.2 Å². The van der Waals surface area contributed by atoms with E-state index in [1.54, 1.807) is 6.07 Å². The van der Waals surface area contributed by atoms with Gasteiger partial charge in [-0.05, 0) is 48.5 Å². The van der Waals surface area contributed by atoms with E-state index in [1.165, 1.54) is 12.4 Å². The molecular weight excluding hydrogens is 364 g/mol. The van der Waals surface area contributed by atoms with E-state index < -0.39 is 36.4 Å². The molecule has 1 heterocycles. The monoisotopic (exact) mass is 394 g/mol. The van der Waals surface area contributed by atoms with E-state index >= 15 is 0 Å². The lowest BCUT2D eigenvalue weighted by atomic mass is 9.67. The first kappa shape index (κ1) is 21.7. The fourth-order valence-electron chi connectivity index (χ4n) is 3.64. The standard InChI is InChI=1S/C19H30N2O5Si/c1-13-8-14(16-6-7-20-11-17(16)21(24)25)9-15(19(13,23)12-22)10-18(2,3)27(4,5)26/h6-7,9,11,13,15,22-23,26H,8,10,12H2,1-5H3/t13-,15-,19+/m0/s1. The minimum atomic E-state index is -2.54.